The summed E-state index contributed by atoms with van der Waals surface area (Å²) in [5.41, 5.74) is 1.53. The minimum Gasteiger partial charge on any atom is -0.301 e. The number of hydrazine groups is 1. The van der Waals surface area contributed by atoms with Gasteiger partial charge in [-0.1, -0.05) is 0 Å². The van der Waals surface area contributed by atoms with Crippen LogP contribution in [-0.4, -0.2) is 50.4 Å². The molecular weight excluding hydrogens is 242 g/mol. The van der Waals surface area contributed by atoms with Crippen molar-refractivity contribution in [2.24, 2.45) is 11.3 Å². The third kappa shape index (κ3) is 4.25. The van der Waals surface area contributed by atoms with Crippen LogP contribution in [0.1, 0.15) is 20.3 Å². The zero-order valence-electron chi connectivity index (χ0n) is 10.4. The van der Waals surface area contributed by atoms with Gasteiger partial charge in [-0.3, -0.25) is 10.2 Å². The van der Waals surface area contributed by atoms with Gasteiger partial charge in [-0.2, -0.15) is 0 Å². The molecular formula is C10H21N3O3S. The van der Waals surface area contributed by atoms with E-state index in [4.69, 9.17) is 5.84 Å². The maximum Gasteiger partial charge on any atom is 0.240 e. The lowest BCUT2D eigenvalue weighted by atomic mass is 9.91. The fraction of sp³-hybridized carbons (Fsp3) is 0.900. The first-order valence-corrected chi connectivity index (χ1v) is 7.53. The Bertz CT molecular complexity index is 378. The SMILES string of the molecule is CC(C)(CN1CCCS(=O)(=O)CC1)C(=O)NN. The number of nitrogens with zero attached hydrogens (tertiary/aromatic N) is 1. The summed E-state index contributed by atoms with van der Waals surface area (Å²) in [4.78, 5) is 13.6. The molecule has 1 heterocycles. The molecule has 1 aliphatic heterocycles. The van der Waals surface area contributed by atoms with Crippen LogP contribution in [-0.2, 0) is 14.6 Å². The molecule has 0 aromatic heterocycles. The van der Waals surface area contributed by atoms with Gasteiger partial charge in [0.2, 0.25) is 5.91 Å². The standard InChI is InChI=1S/C10H21N3O3S/c1-10(2,9(14)12-11)8-13-4-3-6-17(15,16)7-5-13/h3-8,11H2,1-2H3,(H,12,14). The molecule has 0 unspecified atom stereocenters. The number of hydrogen-bond acceptors (Lipinski definition) is 5. The average Bonchev–Trinajstić information content (AvgIpc) is 2.38. The van der Waals surface area contributed by atoms with E-state index < -0.39 is 15.3 Å². The first kappa shape index (κ1) is 14.4. The van der Waals surface area contributed by atoms with E-state index in [1.54, 1.807) is 13.8 Å². The highest BCUT2D eigenvalue weighted by atomic mass is 32.2. The number of nitrogens with one attached hydrogen (secondary N) is 1. The van der Waals surface area contributed by atoms with Crippen molar-refractivity contribution in [2.75, 3.05) is 31.1 Å². The molecule has 0 aromatic carbocycles. The molecule has 1 fully saturated rings. The minimum atomic E-state index is -2.90. The van der Waals surface area contributed by atoms with Gasteiger partial charge in [-0.25, -0.2) is 14.3 Å². The molecule has 0 spiro atoms. The highest BCUT2D eigenvalue weighted by Crippen LogP contribution is 2.18. The maximum absolute atomic E-state index is 11.5. The van der Waals surface area contributed by atoms with E-state index in [0.717, 1.165) is 0 Å². The Morgan fingerprint density at radius 1 is 1.35 bits per heavy atom. The number of carbonyl (C=O) groups is 1. The van der Waals surface area contributed by atoms with Crippen molar-refractivity contribution in [1.29, 1.82) is 0 Å². The van der Waals surface area contributed by atoms with Crippen molar-refractivity contribution in [1.82, 2.24) is 10.3 Å². The molecule has 1 saturated heterocycles. The van der Waals surface area contributed by atoms with E-state index >= 15 is 0 Å². The summed E-state index contributed by atoms with van der Waals surface area (Å²) in [6.07, 6.45) is 0.628. The number of hydrogen-bond donors (Lipinski definition) is 2. The number of sulfone groups is 1. The Balaban J connectivity index is 2.61. The smallest absolute Gasteiger partial charge is 0.240 e. The fourth-order valence-corrected chi connectivity index (χ4v) is 3.28. The topological polar surface area (TPSA) is 92.5 Å². The van der Waals surface area contributed by atoms with Crippen LogP contribution in [0, 0.1) is 5.41 Å². The van der Waals surface area contributed by atoms with Crippen LogP contribution in [0.2, 0.25) is 0 Å². The predicted octanol–water partition coefficient (Wildman–Crippen LogP) is -0.877. The first-order valence-electron chi connectivity index (χ1n) is 5.71. The highest BCUT2D eigenvalue weighted by molar-refractivity contribution is 7.91. The zero-order valence-corrected chi connectivity index (χ0v) is 11.2. The molecule has 0 aromatic rings. The van der Waals surface area contributed by atoms with Crippen molar-refractivity contribution in [3.8, 4) is 0 Å². The highest BCUT2D eigenvalue weighted by Gasteiger charge is 2.31. The lowest BCUT2D eigenvalue weighted by Crippen LogP contribution is -2.47. The van der Waals surface area contributed by atoms with Gasteiger partial charge in [0.15, 0.2) is 9.84 Å². The molecule has 100 valence electrons. The number of carbonyl (C=O) groups excluding carboxylic acids is 1. The van der Waals surface area contributed by atoms with Crippen LogP contribution in [0.15, 0.2) is 0 Å². The Morgan fingerprint density at radius 3 is 2.59 bits per heavy atom. The van der Waals surface area contributed by atoms with E-state index in [9.17, 15) is 13.2 Å². The average molecular weight is 263 g/mol. The number of rotatable bonds is 3. The molecule has 1 aliphatic rings. The Morgan fingerprint density at radius 2 is 2.00 bits per heavy atom. The molecule has 1 amide bonds. The summed E-state index contributed by atoms with van der Waals surface area (Å²) < 4.78 is 22.9. The maximum atomic E-state index is 11.5. The molecule has 7 heteroatoms. The van der Waals surface area contributed by atoms with Crippen LogP contribution in [0.3, 0.4) is 0 Å². The van der Waals surface area contributed by atoms with Gasteiger partial charge >= 0.3 is 0 Å². The zero-order chi connectivity index (χ0) is 13.1. The molecule has 0 saturated carbocycles. The van der Waals surface area contributed by atoms with E-state index in [2.05, 4.69) is 5.43 Å². The summed E-state index contributed by atoms with van der Waals surface area (Å²) in [5.74, 6) is 5.31. The van der Waals surface area contributed by atoms with Gasteiger partial charge < -0.3 is 4.90 Å². The Hall–Kier alpha value is -0.660. The largest absolute Gasteiger partial charge is 0.301 e. The molecule has 0 radical (unpaired) electrons. The van der Waals surface area contributed by atoms with Crippen molar-refractivity contribution >= 4 is 15.7 Å². The summed E-state index contributed by atoms with van der Waals surface area (Å²) in [6.45, 7) is 5.32. The second kappa shape index (κ2) is 5.32. The van der Waals surface area contributed by atoms with Gasteiger partial charge in [0.05, 0.1) is 16.9 Å². The quantitative estimate of drug-likeness (QED) is 0.392. The van der Waals surface area contributed by atoms with E-state index in [-0.39, 0.29) is 17.4 Å². The lowest BCUT2D eigenvalue weighted by Gasteiger charge is -2.29. The third-order valence-electron chi connectivity index (χ3n) is 3.01. The van der Waals surface area contributed by atoms with Crippen LogP contribution >= 0.6 is 0 Å². The second-order valence-electron chi connectivity index (χ2n) is 5.14. The summed E-state index contributed by atoms with van der Waals surface area (Å²) in [6, 6.07) is 0. The van der Waals surface area contributed by atoms with Gasteiger partial charge in [-0.05, 0) is 26.8 Å². The first-order chi connectivity index (χ1) is 7.77. The normalized spacial score (nSPS) is 21.8. The van der Waals surface area contributed by atoms with Crippen LogP contribution < -0.4 is 11.3 Å². The molecule has 0 atom stereocenters. The molecule has 0 aliphatic carbocycles. The number of amides is 1. The van der Waals surface area contributed by atoms with Crippen LogP contribution in [0.25, 0.3) is 0 Å². The van der Waals surface area contributed by atoms with Crippen LogP contribution in [0.4, 0.5) is 0 Å². The Kier molecular flexibility index (Phi) is 4.51. The van der Waals surface area contributed by atoms with Crippen molar-refractivity contribution in [3.63, 3.8) is 0 Å². The predicted molar refractivity (Wildman–Crippen MR) is 65.8 cm³/mol. The molecule has 0 bridgehead atoms. The minimum absolute atomic E-state index is 0.174. The molecule has 1 rings (SSSR count). The number of nitrogens with two attached hydrogens (primary N) is 1. The van der Waals surface area contributed by atoms with Crippen molar-refractivity contribution in [2.45, 2.75) is 20.3 Å². The fourth-order valence-electron chi connectivity index (χ4n) is 1.97. The second-order valence-corrected chi connectivity index (χ2v) is 7.44. The van der Waals surface area contributed by atoms with Gasteiger partial charge in [-0.15, -0.1) is 0 Å². The van der Waals surface area contributed by atoms with Gasteiger partial charge in [0, 0.05) is 13.1 Å². The van der Waals surface area contributed by atoms with Gasteiger partial charge in [0.1, 0.15) is 0 Å². The monoisotopic (exact) mass is 263 g/mol. The van der Waals surface area contributed by atoms with E-state index in [0.29, 0.717) is 26.1 Å². The van der Waals surface area contributed by atoms with Crippen molar-refractivity contribution in [3.05, 3.63) is 0 Å². The van der Waals surface area contributed by atoms with E-state index in [1.807, 2.05) is 4.90 Å². The van der Waals surface area contributed by atoms with E-state index in [1.165, 1.54) is 0 Å². The summed E-state index contributed by atoms with van der Waals surface area (Å²) in [5, 5.41) is 0. The summed E-state index contributed by atoms with van der Waals surface area (Å²) in [7, 11) is -2.90. The Labute approximate surface area is 102 Å². The molecule has 17 heavy (non-hydrogen) atoms. The third-order valence-corrected chi connectivity index (χ3v) is 4.73. The lowest BCUT2D eigenvalue weighted by molar-refractivity contribution is -0.130. The molecule has 3 N–H and O–H groups in total. The van der Waals surface area contributed by atoms with Crippen molar-refractivity contribution < 1.29 is 13.2 Å². The summed E-state index contributed by atoms with van der Waals surface area (Å²) >= 11 is 0. The van der Waals surface area contributed by atoms with Crippen LogP contribution in [0.5, 0.6) is 0 Å². The molecule has 6 nitrogen and oxygen atoms in total. The van der Waals surface area contributed by atoms with Gasteiger partial charge in [0.25, 0.3) is 0 Å².